The van der Waals surface area contributed by atoms with Gasteiger partial charge in [0.05, 0.1) is 5.56 Å². The van der Waals surface area contributed by atoms with Crippen molar-refractivity contribution in [2.75, 3.05) is 20.6 Å². The van der Waals surface area contributed by atoms with Gasteiger partial charge in [-0.2, -0.15) is 0 Å². The predicted molar refractivity (Wildman–Crippen MR) is 140 cm³/mol. The summed E-state index contributed by atoms with van der Waals surface area (Å²) in [6.45, 7) is 4.98. The molecule has 2 heterocycles. The number of hydrogen-bond donors (Lipinski definition) is 2. The Balaban J connectivity index is 1.76. The van der Waals surface area contributed by atoms with Gasteiger partial charge in [-0.05, 0) is 67.4 Å². The molecule has 0 spiro atoms. The molecule has 0 bridgehead atoms. The van der Waals surface area contributed by atoms with E-state index in [9.17, 15) is 10.2 Å². The van der Waals surface area contributed by atoms with Gasteiger partial charge < -0.3 is 15.1 Å². The normalized spacial score (nSPS) is 11.5. The molecule has 0 saturated carbocycles. The summed E-state index contributed by atoms with van der Waals surface area (Å²) in [7, 11) is 4.14. The number of benzene rings is 2. The van der Waals surface area contributed by atoms with Crippen LogP contribution in [-0.4, -0.2) is 55.5 Å². The van der Waals surface area contributed by atoms with E-state index in [0.717, 1.165) is 29.8 Å². The predicted octanol–water partition coefficient (Wildman–Crippen LogP) is 5.26. The smallest absolute Gasteiger partial charge is 0.196 e. The molecule has 0 radical (unpaired) electrons. The Hall–Kier alpha value is -3.36. The summed E-state index contributed by atoms with van der Waals surface area (Å²) in [6, 6.07) is 15.5. The number of phenols is 2. The van der Waals surface area contributed by atoms with Crippen molar-refractivity contribution in [3.8, 4) is 28.6 Å². The van der Waals surface area contributed by atoms with Gasteiger partial charge in [0.2, 0.25) is 0 Å². The summed E-state index contributed by atoms with van der Waals surface area (Å²) < 4.78 is 1.97. The first kappa shape index (κ1) is 24.8. The third kappa shape index (κ3) is 5.83. The first-order chi connectivity index (χ1) is 16.8. The summed E-state index contributed by atoms with van der Waals surface area (Å²) in [4.78, 5) is 6.37. The van der Waals surface area contributed by atoms with Crippen molar-refractivity contribution in [1.29, 1.82) is 0 Å². The van der Waals surface area contributed by atoms with Crippen molar-refractivity contribution in [2.24, 2.45) is 0 Å². The average molecular weight is 490 g/mol. The van der Waals surface area contributed by atoms with Crippen LogP contribution in [0.4, 0.5) is 0 Å². The second-order valence-corrected chi connectivity index (χ2v) is 10.0. The number of rotatable bonds is 9. The van der Waals surface area contributed by atoms with Crippen molar-refractivity contribution >= 4 is 11.8 Å². The summed E-state index contributed by atoms with van der Waals surface area (Å²) in [5.74, 6) is 1.34. The number of nitrogens with zero attached hydrogens (tertiary/aromatic N) is 5. The van der Waals surface area contributed by atoms with Crippen molar-refractivity contribution < 1.29 is 10.2 Å². The summed E-state index contributed by atoms with van der Waals surface area (Å²) in [5.41, 5.74) is 4.52. The van der Waals surface area contributed by atoms with Gasteiger partial charge in [0.15, 0.2) is 11.0 Å². The Labute approximate surface area is 210 Å². The van der Waals surface area contributed by atoms with Gasteiger partial charge in [-0.15, -0.1) is 10.2 Å². The molecule has 0 saturated heterocycles. The SMILES string of the molecule is CC(C)c1cc(-c2nnc(SCc3cccnc3)n2-c2ccc(CCN(C)C)cc2)c(O)cc1O. The molecule has 0 atom stereocenters. The fourth-order valence-electron chi connectivity index (χ4n) is 3.80. The quantitative estimate of drug-likeness (QED) is 0.310. The van der Waals surface area contributed by atoms with Gasteiger partial charge >= 0.3 is 0 Å². The molecule has 0 aliphatic rings. The van der Waals surface area contributed by atoms with Crippen LogP contribution in [0.25, 0.3) is 17.1 Å². The highest BCUT2D eigenvalue weighted by Gasteiger charge is 2.21. The fourth-order valence-corrected chi connectivity index (χ4v) is 4.69. The number of phenolic OH excluding ortho intramolecular Hbond substituents is 2. The topological polar surface area (TPSA) is 87.3 Å². The summed E-state index contributed by atoms with van der Waals surface area (Å²) in [5, 5.41) is 30.8. The minimum Gasteiger partial charge on any atom is -0.508 e. The molecule has 2 aromatic carbocycles. The number of thioether (sulfide) groups is 1. The van der Waals surface area contributed by atoms with Gasteiger partial charge in [0, 0.05) is 36.4 Å². The highest BCUT2D eigenvalue weighted by Crippen LogP contribution is 2.39. The van der Waals surface area contributed by atoms with Crippen molar-refractivity contribution in [2.45, 2.75) is 37.1 Å². The van der Waals surface area contributed by atoms with Crippen LogP contribution in [0.1, 0.15) is 36.5 Å². The van der Waals surface area contributed by atoms with Crippen molar-refractivity contribution in [3.63, 3.8) is 0 Å². The Kier molecular flexibility index (Phi) is 7.73. The molecule has 0 unspecified atom stereocenters. The van der Waals surface area contributed by atoms with E-state index in [0.29, 0.717) is 22.3 Å². The molecule has 2 N–H and O–H groups in total. The van der Waals surface area contributed by atoms with Crippen LogP contribution in [0.5, 0.6) is 11.5 Å². The highest BCUT2D eigenvalue weighted by molar-refractivity contribution is 7.98. The number of likely N-dealkylation sites (N-methyl/N-ethyl adjacent to an activating group) is 1. The molecule has 2 aromatic heterocycles. The Morgan fingerprint density at radius 3 is 2.40 bits per heavy atom. The molecule has 4 rings (SSSR count). The van der Waals surface area contributed by atoms with Crippen LogP contribution in [0.3, 0.4) is 0 Å². The Morgan fingerprint density at radius 2 is 1.74 bits per heavy atom. The standard InChI is InChI=1S/C27H31N5O2S/c1-18(2)22-14-23(25(34)15-24(22)33)26-29-30-27(35-17-20-6-5-12-28-16-20)32(26)21-9-7-19(8-10-21)11-13-31(3)4/h5-10,12,14-16,18,33-34H,11,13,17H2,1-4H3. The molecular weight excluding hydrogens is 458 g/mol. The summed E-state index contributed by atoms with van der Waals surface area (Å²) in [6.07, 6.45) is 4.56. The molecule has 0 amide bonds. The zero-order valence-electron chi connectivity index (χ0n) is 20.5. The first-order valence-electron chi connectivity index (χ1n) is 11.6. The largest absolute Gasteiger partial charge is 0.508 e. The maximum Gasteiger partial charge on any atom is 0.196 e. The third-order valence-electron chi connectivity index (χ3n) is 5.77. The molecule has 35 heavy (non-hydrogen) atoms. The van der Waals surface area contributed by atoms with E-state index in [4.69, 9.17) is 0 Å². The minimum atomic E-state index is -0.0352. The van der Waals surface area contributed by atoms with E-state index in [2.05, 4.69) is 58.4 Å². The van der Waals surface area contributed by atoms with Crippen LogP contribution < -0.4 is 0 Å². The maximum absolute atomic E-state index is 10.7. The number of aromatic nitrogens is 4. The van der Waals surface area contributed by atoms with E-state index in [1.807, 2.05) is 36.7 Å². The van der Waals surface area contributed by atoms with Gasteiger partial charge in [0.1, 0.15) is 11.5 Å². The van der Waals surface area contributed by atoms with E-state index in [1.165, 1.54) is 11.6 Å². The van der Waals surface area contributed by atoms with Gasteiger partial charge in [0.25, 0.3) is 0 Å². The highest BCUT2D eigenvalue weighted by atomic mass is 32.2. The fraction of sp³-hybridized carbons (Fsp3) is 0.296. The third-order valence-corrected chi connectivity index (χ3v) is 6.77. The Bertz CT molecular complexity index is 1270. The zero-order chi connectivity index (χ0) is 24.9. The molecule has 0 aliphatic heterocycles. The number of aromatic hydroxyl groups is 2. The average Bonchev–Trinajstić information content (AvgIpc) is 3.26. The van der Waals surface area contributed by atoms with Gasteiger partial charge in [-0.25, -0.2) is 0 Å². The monoisotopic (exact) mass is 489 g/mol. The molecule has 0 aliphatic carbocycles. The molecule has 0 fully saturated rings. The van der Waals surface area contributed by atoms with E-state index < -0.39 is 0 Å². The zero-order valence-corrected chi connectivity index (χ0v) is 21.3. The molecule has 182 valence electrons. The number of hydrogen-bond acceptors (Lipinski definition) is 7. The van der Waals surface area contributed by atoms with Crippen LogP contribution >= 0.6 is 11.8 Å². The lowest BCUT2D eigenvalue weighted by atomic mass is 9.98. The van der Waals surface area contributed by atoms with Crippen LogP contribution in [0.15, 0.2) is 66.1 Å². The second-order valence-electron chi connectivity index (χ2n) is 9.09. The van der Waals surface area contributed by atoms with E-state index in [-0.39, 0.29) is 17.4 Å². The maximum atomic E-state index is 10.7. The first-order valence-corrected chi connectivity index (χ1v) is 12.6. The van der Waals surface area contributed by atoms with Crippen molar-refractivity contribution in [3.05, 3.63) is 77.6 Å². The van der Waals surface area contributed by atoms with Crippen LogP contribution in [0.2, 0.25) is 0 Å². The molecule has 4 aromatic rings. The lowest BCUT2D eigenvalue weighted by Gasteiger charge is -2.15. The van der Waals surface area contributed by atoms with Crippen LogP contribution in [0, 0.1) is 0 Å². The van der Waals surface area contributed by atoms with E-state index in [1.54, 1.807) is 24.0 Å². The van der Waals surface area contributed by atoms with Gasteiger partial charge in [-0.1, -0.05) is 43.8 Å². The van der Waals surface area contributed by atoms with E-state index >= 15 is 0 Å². The van der Waals surface area contributed by atoms with Crippen LogP contribution in [-0.2, 0) is 12.2 Å². The van der Waals surface area contributed by atoms with Gasteiger partial charge in [-0.3, -0.25) is 9.55 Å². The molecule has 7 nitrogen and oxygen atoms in total. The van der Waals surface area contributed by atoms with Crippen molar-refractivity contribution in [1.82, 2.24) is 24.6 Å². The molecule has 8 heteroatoms. The minimum absolute atomic E-state index is 0.0352. The lowest BCUT2D eigenvalue weighted by molar-refractivity contribution is 0.413. The molecular formula is C27H31N5O2S. The number of pyridine rings is 1. The lowest BCUT2D eigenvalue weighted by Crippen LogP contribution is -2.15. The second kappa shape index (κ2) is 10.9. The Morgan fingerprint density at radius 1 is 0.971 bits per heavy atom. The summed E-state index contributed by atoms with van der Waals surface area (Å²) >= 11 is 1.56.